The summed E-state index contributed by atoms with van der Waals surface area (Å²) in [6.07, 6.45) is 0.806. The number of benzene rings is 2. The topological polar surface area (TPSA) is 101 Å². The third-order valence-corrected chi connectivity index (χ3v) is 4.09. The Morgan fingerprint density at radius 1 is 1.07 bits per heavy atom. The van der Waals surface area contributed by atoms with Crippen molar-refractivity contribution in [1.29, 1.82) is 0 Å². The van der Waals surface area contributed by atoms with Crippen LogP contribution in [0.5, 0.6) is 0 Å². The minimum absolute atomic E-state index is 0.0124. The highest BCUT2D eigenvalue weighted by atomic mass is 16.6. The van der Waals surface area contributed by atoms with Gasteiger partial charge in [-0.3, -0.25) is 10.1 Å². The van der Waals surface area contributed by atoms with Crippen LogP contribution in [-0.2, 0) is 13.0 Å². The van der Waals surface area contributed by atoms with Crippen molar-refractivity contribution in [1.82, 2.24) is 9.97 Å². The van der Waals surface area contributed by atoms with Gasteiger partial charge in [0, 0.05) is 36.0 Å². The molecule has 2 aromatic carbocycles. The molecule has 0 saturated carbocycles. The number of aliphatic hydroxyl groups is 1. The summed E-state index contributed by atoms with van der Waals surface area (Å²) in [6, 6.07) is 15.9. The molecule has 2 N–H and O–H groups in total. The van der Waals surface area contributed by atoms with Gasteiger partial charge < -0.3 is 10.4 Å². The Bertz CT molecular complexity index is 942. The number of hydrogen-bond acceptors (Lipinski definition) is 6. The molecular weight excluding hydrogens is 344 g/mol. The van der Waals surface area contributed by atoms with Crippen LogP contribution < -0.4 is 5.32 Å². The van der Waals surface area contributed by atoms with Gasteiger partial charge in [-0.05, 0) is 24.5 Å². The van der Waals surface area contributed by atoms with Crippen molar-refractivity contribution in [3.8, 4) is 11.4 Å². The van der Waals surface area contributed by atoms with Crippen LogP contribution in [0.4, 0.5) is 11.5 Å². The molecule has 27 heavy (non-hydrogen) atoms. The second kappa shape index (κ2) is 8.37. The van der Waals surface area contributed by atoms with Crippen LogP contribution >= 0.6 is 0 Å². The molecule has 7 nitrogen and oxygen atoms in total. The molecule has 0 aliphatic heterocycles. The Morgan fingerprint density at radius 3 is 2.52 bits per heavy atom. The zero-order valence-electron chi connectivity index (χ0n) is 14.9. The number of hydrogen-bond donors (Lipinski definition) is 2. The number of aliphatic hydroxyl groups excluding tert-OH is 1. The molecule has 0 amide bonds. The van der Waals surface area contributed by atoms with Crippen LogP contribution in [0.2, 0.25) is 0 Å². The predicted molar refractivity (Wildman–Crippen MR) is 103 cm³/mol. The van der Waals surface area contributed by atoms with E-state index in [2.05, 4.69) is 15.3 Å². The number of nitro groups is 1. The summed E-state index contributed by atoms with van der Waals surface area (Å²) in [5.41, 5.74) is 3.44. The van der Waals surface area contributed by atoms with Crippen molar-refractivity contribution in [2.45, 2.75) is 20.0 Å². The lowest BCUT2D eigenvalue weighted by Gasteiger charge is -2.09. The molecule has 0 saturated heterocycles. The Labute approximate surface area is 156 Å². The lowest BCUT2D eigenvalue weighted by Crippen LogP contribution is -2.08. The minimum atomic E-state index is -0.430. The van der Waals surface area contributed by atoms with E-state index in [1.54, 1.807) is 12.1 Å². The maximum Gasteiger partial charge on any atom is 0.270 e. The first kappa shape index (κ1) is 18.5. The Morgan fingerprint density at radius 2 is 1.81 bits per heavy atom. The van der Waals surface area contributed by atoms with E-state index in [9.17, 15) is 10.1 Å². The van der Waals surface area contributed by atoms with Crippen molar-refractivity contribution in [3.63, 3.8) is 0 Å². The van der Waals surface area contributed by atoms with Gasteiger partial charge in [0.15, 0.2) is 5.82 Å². The summed E-state index contributed by atoms with van der Waals surface area (Å²) in [5.74, 6) is 1.13. The van der Waals surface area contributed by atoms with Crippen LogP contribution in [0.3, 0.4) is 0 Å². The molecular formula is C20H20N4O3. The smallest absolute Gasteiger partial charge is 0.270 e. The Kier molecular flexibility index (Phi) is 5.73. The lowest BCUT2D eigenvalue weighted by atomic mass is 10.1. The Hall–Kier alpha value is -3.32. The quantitative estimate of drug-likeness (QED) is 0.491. The van der Waals surface area contributed by atoms with Crippen molar-refractivity contribution in [2.75, 3.05) is 11.9 Å². The molecule has 0 bridgehead atoms. The van der Waals surface area contributed by atoms with Gasteiger partial charge in [-0.25, -0.2) is 9.97 Å². The predicted octanol–water partition coefficient (Wildman–Crippen LogP) is 3.51. The molecule has 0 aliphatic carbocycles. The van der Waals surface area contributed by atoms with Crippen molar-refractivity contribution >= 4 is 11.5 Å². The normalized spacial score (nSPS) is 10.6. The maximum absolute atomic E-state index is 11.0. The van der Waals surface area contributed by atoms with E-state index < -0.39 is 4.92 Å². The number of aromatic nitrogens is 2. The SMILES string of the molecule is Cc1cc(NCCc2ccc(CO)cc2)nc(-c2cccc([N+](=O)[O-])c2)n1. The zero-order valence-corrected chi connectivity index (χ0v) is 14.9. The van der Waals surface area contributed by atoms with Crippen molar-refractivity contribution in [2.24, 2.45) is 0 Å². The monoisotopic (exact) mass is 364 g/mol. The highest BCUT2D eigenvalue weighted by Crippen LogP contribution is 2.22. The van der Waals surface area contributed by atoms with Gasteiger partial charge in [0.25, 0.3) is 5.69 Å². The van der Waals surface area contributed by atoms with E-state index in [1.165, 1.54) is 12.1 Å². The fourth-order valence-electron chi connectivity index (χ4n) is 2.69. The van der Waals surface area contributed by atoms with Crippen LogP contribution in [-0.4, -0.2) is 26.5 Å². The zero-order chi connectivity index (χ0) is 19.2. The first-order valence-electron chi connectivity index (χ1n) is 8.58. The molecule has 0 aliphatic rings. The number of rotatable bonds is 7. The van der Waals surface area contributed by atoms with E-state index in [0.717, 1.165) is 23.2 Å². The molecule has 0 radical (unpaired) electrons. The molecule has 0 fully saturated rings. The van der Waals surface area contributed by atoms with Crippen LogP contribution in [0.1, 0.15) is 16.8 Å². The number of nitro benzene ring substituents is 1. The fourth-order valence-corrected chi connectivity index (χ4v) is 2.69. The highest BCUT2D eigenvalue weighted by Gasteiger charge is 2.10. The average Bonchev–Trinajstić information content (AvgIpc) is 2.68. The van der Waals surface area contributed by atoms with E-state index in [-0.39, 0.29) is 12.3 Å². The number of anilines is 1. The molecule has 3 rings (SSSR count). The van der Waals surface area contributed by atoms with Crippen molar-refractivity contribution in [3.05, 3.63) is 81.5 Å². The first-order chi connectivity index (χ1) is 13.0. The van der Waals surface area contributed by atoms with Gasteiger partial charge in [0.1, 0.15) is 5.82 Å². The van der Waals surface area contributed by atoms with Crippen molar-refractivity contribution < 1.29 is 10.0 Å². The second-order valence-corrected chi connectivity index (χ2v) is 6.18. The van der Waals surface area contributed by atoms with Gasteiger partial charge in [0.2, 0.25) is 0 Å². The number of non-ortho nitro benzene ring substituents is 1. The minimum Gasteiger partial charge on any atom is -0.392 e. The van der Waals surface area contributed by atoms with Gasteiger partial charge in [-0.15, -0.1) is 0 Å². The summed E-state index contributed by atoms with van der Waals surface area (Å²) >= 11 is 0. The summed E-state index contributed by atoms with van der Waals surface area (Å²) in [4.78, 5) is 19.4. The van der Waals surface area contributed by atoms with Gasteiger partial charge >= 0.3 is 0 Å². The second-order valence-electron chi connectivity index (χ2n) is 6.18. The maximum atomic E-state index is 11.0. The third-order valence-electron chi connectivity index (χ3n) is 4.09. The molecule has 0 unspecified atom stereocenters. The van der Waals surface area contributed by atoms with E-state index >= 15 is 0 Å². The van der Waals surface area contributed by atoms with Gasteiger partial charge in [-0.1, -0.05) is 36.4 Å². The van der Waals surface area contributed by atoms with Gasteiger partial charge in [0.05, 0.1) is 11.5 Å². The average molecular weight is 364 g/mol. The first-order valence-corrected chi connectivity index (χ1v) is 8.58. The summed E-state index contributed by atoms with van der Waals surface area (Å²) < 4.78 is 0. The van der Waals surface area contributed by atoms with Crippen LogP contribution in [0, 0.1) is 17.0 Å². The molecule has 138 valence electrons. The third kappa shape index (κ3) is 4.86. The standard InChI is InChI=1S/C20H20N4O3/c1-14-11-19(21-10-9-15-5-7-16(13-25)8-6-15)23-20(22-14)17-3-2-4-18(12-17)24(26)27/h2-8,11-12,25H,9-10,13H2,1H3,(H,21,22,23). The summed E-state index contributed by atoms with van der Waals surface area (Å²) in [6.45, 7) is 2.59. The fraction of sp³-hybridized carbons (Fsp3) is 0.200. The van der Waals surface area contributed by atoms with E-state index in [1.807, 2.05) is 37.3 Å². The lowest BCUT2D eigenvalue weighted by molar-refractivity contribution is -0.384. The molecule has 0 atom stereocenters. The number of nitrogens with zero attached hydrogens (tertiary/aromatic N) is 3. The summed E-state index contributed by atoms with van der Waals surface area (Å²) in [7, 11) is 0. The van der Waals surface area contributed by atoms with E-state index in [0.29, 0.717) is 23.8 Å². The molecule has 0 spiro atoms. The van der Waals surface area contributed by atoms with E-state index in [4.69, 9.17) is 5.11 Å². The summed E-state index contributed by atoms with van der Waals surface area (Å²) in [5, 5.41) is 23.3. The van der Waals surface area contributed by atoms with Gasteiger partial charge in [-0.2, -0.15) is 0 Å². The molecule has 1 heterocycles. The van der Waals surface area contributed by atoms with Crippen LogP contribution in [0.25, 0.3) is 11.4 Å². The molecule has 7 heteroatoms. The molecule has 3 aromatic rings. The Balaban J connectivity index is 1.71. The number of aryl methyl sites for hydroxylation is 1. The van der Waals surface area contributed by atoms with Crippen LogP contribution in [0.15, 0.2) is 54.6 Å². The molecule has 1 aromatic heterocycles. The largest absolute Gasteiger partial charge is 0.392 e. The highest BCUT2D eigenvalue weighted by molar-refractivity contribution is 5.61. The number of nitrogens with one attached hydrogen (secondary N) is 1.